The minimum atomic E-state index is -0.215. The molecule has 4 aliphatic rings. The number of hydrogen-bond donors (Lipinski definition) is 0. The summed E-state index contributed by atoms with van der Waals surface area (Å²) in [7, 11) is 1.70. The quantitative estimate of drug-likeness (QED) is 0.229. The molecule has 1 amide bonds. The molecule has 0 spiro atoms. The van der Waals surface area contributed by atoms with Gasteiger partial charge in [0.15, 0.2) is 0 Å². The van der Waals surface area contributed by atoms with Crippen molar-refractivity contribution in [3.05, 3.63) is 105 Å². The summed E-state index contributed by atoms with van der Waals surface area (Å²) in [4.78, 5) is 24.0. The van der Waals surface area contributed by atoms with E-state index in [4.69, 9.17) is 9.73 Å². The Morgan fingerprint density at radius 1 is 0.849 bits per heavy atom. The lowest BCUT2D eigenvalue weighted by molar-refractivity contribution is -0.138. The zero-order valence-corrected chi connectivity index (χ0v) is 34.0. The lowest BCUT2D eigenvalue weighted by atomic mass is 9.86. The summed E-state index contributed by atoms with van der Waals surface area (Å²) in [6.45, 7) is 18.8. The minimum absolute atomic E-state index is 0.0730. The highest BCUT2D eigenvalue weighted by molar-refractivity contribution is 5.96. The standard InChI is InChI=1S/C48H63N3O2/c1-31-15-16-37-29-38(18-17-36(37)28-32(31)2)44-25-26-48(8,51(44)41-23-21-39(22-24-41)47(5,6)7)40-20-19-35-12-10-13-42(49-43(35)30-40)45-14-11-27-50(45)46(52)33(3)34(4)53-9/h17-24,29-30,33-34,44-45H,10-16,25-28H2,1-9H3. The molecule has 5 heteroatoms. The fraction of sp³-hybridized carbons (Fsp3) is 0.542. The Labute approximate surface area is 319 Å². The number of carbonyl (C=O) groups excluding carboxylic acids is 1. The van der Waals surface area contributed by atoms with Gasteiger partial charge in [-0.1, -0.05) is 81.3 Å². The number of methoxy groups -OCH3 is 1. The highest BCUT2D eigenvalue weighted by atomic mass is 16.5. The summed E-state index contributed by atoms with van der Waals surface area (Å²) >= 11 is 0. The first-order valence-corrected chi connectivity index (χ1v) is 20.5. The maximum atomic E-state index is 13.7. The van der Waals surface area contributed by atoms with E-state index >= 15 is 0 Å². The van der Waals surface area contributed by atoms with E-state index in [1.54, 1.807) is 12.7 Å². The van der Waals surface area contributed by atoms with Crippen LogP contribution < -0.4 is 4.90 Å². The van der Waals surface area contributed by atoms with Gasteiger partial charge < -0.3 is 14.5 Å². The molecule has 53 heavy (non-hydrogen) atoms. The zero-order valence-electron chi connectivity index (χ0n) is 34.0. The van der Waals surface area contributed by atoms with Gasteiger partial charge in [0.25, 0.3) is 0 Å². The lowest BCUT2D eigenvalue weighted by Crippen LogP contribution is -2.45. The Morgan fingerprint density at radius 3 is 2.34 bits per heavy atom. The number of aliphatic imine (C=N–C) groups is 1. The number of fused-ring (bicyclic) bond motifs is 2. The third-order valence-corrected chi connectivity index (χ3v) is 13.6. The number of carbonyl (C=O) groups is 1. The second-order valence-corrected chi connectivity index (χ2v) is 18.0. The summed E-state index contributed by atoms with van der Waals surface area (Å²) in [5.41, 5.74) is 15.0. The predicted molar refractivity (Wildman–Crippen MR) is 221 cm³/mol. The van der Waals surface area contributed by atoms with Crippen LogP contribution in [0.3, 0.4) is 0 Å². The molecule has 0 bridgehead atoms. The van der Waals surface area contributed by atoms with Crippen LogP contribution in [0.1, 0.15) is 140 Å². The molecule has 0 N–H and O–H groups in total. The van der Waals surface area contributed by atoms with Crippen molar-refractivity contribution in [2.24, 2.45) is 10.9 Å². The highest BCUT2D eigenvalue weighted by Gasteiger charge is 2.45. The molecule has 3 aromatic rings. The summed E-state index contributed by atoms with van der Waals surface area (Å²) in [5, 5.41) is 0. The Bertz CT molecular complexity index is 1900. The van der Waals surface area contributed by atoms with Gasteiger partial charge in [-0.25, -0.2) is 0 Å². The molecule has 3 heterocycles. The third kappa shape index (κ3) is 7.27. The summed E-state index contributed by atoms with van der Waals surface area (Å²) in [6.07, 6.45) is 10.4. The molecule has 5 atom stereocenters. The molecule has 3 aliphatic heterocycles. The van der Waals surface area contributed by atoms with Gasteiger partial charge in [-0.05, 0) is 149 Å². The molecule has 282 valence electrons. The van der Waals surface area contributed by atoms with E-state index in [2.05, 4.69) is 112 Å². The summed E-state index contributed by atoms with van der Waals surface area (Å²) in [5.74, 6) is 0.0220. The first kappa shape index (κ1) is 37.6. The van der Waals surface area contributed by atoms with Crippen LogP contribution in [0.5, 0.6) is 0 Å². The second kappa shape index (κ2) is 14.9. The molecule has 2 saturated heterocycles. The number of rotatable bonds is 7. The van der Waals surface area contributed by atoms with Crippen LogP contribution in [0.4, 0.5) is 11.4 Å². The molecule has 7 rings (SSSR count). The number of amides is 1. The van der Waals surface area contributed by atoms with Crippen molar-refractivity contribution in [3.63, 3.8) is 0 Å². The van der Waals surface area contributed by atoms with Crippen LogP contribution in [-0.2, 0) is 39.7 Å². The van der Waals surface area contributed by atoms with Gasteiger partial charge in [-0.3, -0.25) is 9.79 Å². The number of benzene rings is 3. The smallest absolute Gasteiger partial charge is 0.228 e. The fourth-order valence-corrected chi connectivity index (χ4v) is 9.60. The third-order valence-electron chi connectivity index (χ3n) is 13.6. The molecule has 0 aromatic heterocycles. The van der Waals surface area contributed by atoms with Crippen LogP contribution in [-0.4, -0.2) is 42.3 Å². The van der Waals surface area contributed by atoms with Crippen molar-refractivity contribution in [2.45, 2.75) is 149 Å². The fourth-order valence-electron chi connectivity index (χ4n) is 9.60. The molecule has 0 radical (unpaired) electrons. The number of allylic oxidation sites excluding steroid dienone is 2. The van der Waals surface area contributed by atoms with Crippen molar-refractivity contribution in [1.82, 2.24) is 4.90 Å². The van der Waals surface area contributed by atoms with E-state index < -0.39 is 0 Å². The molecule has 5 nitrogen and oxygen atoms in total. The molecular weight excluding hydrogens is 651 g/mol. The topological polar surface area (TPSA) is 45.1 Å². The number of likely N-dealkylation sites (tertiary alicyclic amines) is 1. The first-order chi connectivity index (χ1) is 25.3. The zero-order chi connectivity index (χ0) is 37.7. The average Bonchev–Trinajstić information content (AvgIpc) is 3.68. The maximum Gasteiger partial charge on any atom is 0.228 e. The van der Waals surface area contributed by atoms with Gasteiger partial charge in [-0.2, -0.15) is 0 Å². The number of hydrogen-bond acceptors (Lipinski definition) is 4. The van der Waals surface area contributed by atoms with E-state index in [-0.39, 0.29) is 41.0 Å². The monoisotopic (exact) mass is 713 g/mol. The van der Waals surface area contributed by atoms with E-state index in [1.165, 1.54) is 50.4 Å². The molecule has 5 unspecified atom stereocenters. The summed E-state index contributed by atoms with van der Waals surface area (Å²) < 4.78 is 5.56. The Morgan fingerprint density at radius 2 is 1.60 bits per heavy atom. The van der Waals surface area contributed by atoms with Gasteiger partial charge in [0.05, 0.1) is 35.3 Å². The van der Waals surface area contributed by atoms with Crippen LogP contribution in [0.2, 0.25) is 0 Å². The van der Waals surface area contributed by atoms with Crippen LogP contribution in [0, 0.1) is 5.92 Å². The van der Waals surface area contributed by atoms with Crippen molar-refractivity contribution in [3.8, 4) is 0 Å². The predicted octanol–water partition coefficient (Wildman–Crippen LogP) is 11.1. The Kier molecular flexibility index (Phi) is 10.5. The SMILES string of the molecule is COC(C)C(C)C(=O)N1CCCC1C1=Nc2cc(C3(C)CCC(c4ccc5c(c4)CCC(C)=C(C)C5)N3c3ccc(C(C)(C)C)cc3)ccc2CCC1. The van der Waals surface area contributed by atoms with Crippen molar-refractivity contribution < 1.29 is 9.53 Å². The Hall–Kier alpha value is -3.70. The van der Waals surface area contributed by atoms with Crippen LogP contribution in [0.15, 0.2) is 76.8 Å². The number of nitrogens with zero attached hydrogens (tertiary/aromatic N) is 3. The van der Waals surface area contributed by atoms with Crippen LogP contribution in [0.25, 0.3) is 0 Å². The minimum Gasteiger partial charge on any atom is -0.381 e. The van der Waals surface area contributed by atoms with E-state index in [9.17, 15) is 4.79 Å². The average molecular weight is 714 g/mol. The van der Waals surface area contributed by atoms with Crippen molar-refractivity contribution in [1.29, 1.82) is 0 Å². The maximum absolute atomic E-state index is 13.7. The van der Waals surface area contributed by atoms with Gasteiger partial charge >= 0.3 is 0 Å². The van der Waals surface area contributed by atoms with Crippen molar-refractivity contribution in [2.75, 3.05) is 18.6 Å². The van der Waals surface area contributed by atoms with Gasteiger partial charge in [0.2, 0.25) is 5.91 Å². The number of ether oxygens (including phenoxy) is 1. The van der Waals surface area contributed by atoms with Crippen LogP contribution >= 0.6 is 0 Å². The normalized spacial score (nSPS) is 24.7. The van der Waals surface area contributed by atoms with E-state index in [0.717, 1.165) is 76.4 Å². The van der Waals surface area contributed by atoms with Crippen molar-refractivity contribution >= 4 is 23.0 Å². The highest BCUT2D eigenvalue weighted by Crippen LogP contribution is 2.52. The Balaban J connectivity index is 1.26. The van der Waals surface area contributed by atoms with Gasteiger partial charge in [0.1, 0.15) is 0 Å². The van der Waals surface area contributed by atoms with Gasteiger partial charge in [-0.15, -0.1) is 0 Å². The number of anilines is 1. The molecule has 0 saturated carbocycles. The molecule has 2 fully saturated rings. The largest absolute Gasteiger partial charge is 0.381 e. The molecular formula is C48H63N3O2. The lowest BCUT2D eigenvalue weighted by Gasteiger charge is -2.42. The van der Waals surface area contributed by atoms with E-state index in [0.29, 0.717) is 0 Å². The first-order valence-electron chi connectivity index (χ1n) is 20.5. The van der Waals surface area contributed by atoms with Gasteiger partial charge in [0, 0.05) is 25.1 Å². The molecule has 1 aliphatic carbocycles. The summed E-state index contributed by atoms with van der Waals surface area (Å²) in [6, 6.07) is 24.3. The number of aryl methyl sites for hydroxylation is 2. The molecule has 3 aromatic carbocycles. The second-order valence-electron chi connectivity index (χ2n) is 18.0. The van der Waals surface area contributed by atoms with E-state index in [1.807, 2.05) is 13.8 Å².